The maximum atomic E-state index is 12.7. The normalized spacial score (nSPS) is 19.7. The van der Waals surface area contributed by atoms with Crippen LogP contribution in [0.1, 0.15) is 48.0 Å². The Hall–Kier alpha value is -2.89. The van der Waals surface area contributed by atoms with Crippen molar-refractivity contribution in [3.8, 4) is 0 Å². The highest BCUT2D eigenvalue weighted by atomic mass is 16.5. The maximum Gasteiger partial charge on any atom is 0.337 e. The van der Waals surface area contributed by atoms with Crippen LogP contribution < -0.4 is 5.32 Å². The zero-order valence-electron chi connectivity index (χ0n) is 15.0. The van der Waals surface area contributed by atoms with Crippen LogP contribution in [-0.4, -0.2) is 31.9 Å². The molecule has 0 unspecified atom stereocenters. The molecule has 0 bridgehead atoms. The number of carbonyl (C=O) groups excluding carboxylic acids is 3. The molecule has 0 saturated heterocycles. The van der Waals surface area contributed by atoms with E-state index in [4.69, 9.17) is 9.47 Å². The lowest BCUT2D eigenvalue weighted by atomic mass is 9.75. The fraction of sp³-hybridized carbons (Fsp3) is 0.350. The van der Waals surface area contributed by atoms with Gasteiger partial charge in [-0.25, -0.2) is 9.59 Å². The second-order valence-corrected chi connectivity index (χ2v) is 6.37. The highest BCUT2D eigenvalue weighted by molar-refractivity contribution is 6.03. The summed E-state index contributed by atoms with van der Waals surface area (Å²) in [4.78, 5) is 36.8. The van der Waals surface area contributed by atoms with E-state index in [-0.39, 0.29) is 5.78 Å². The average molecular weight is 355 g/mol. The van der Waals surface area contributed by atoms with Crippen LogP contribution in [0.15, 0.2) is 46.8 Å². The first-order chi connectivity index (χ1) is 12.5. The number of ketones is 1. The van der Waals surface area contributed by atoms with E-state index >= 15 is 0 Å². The Morgan fingerprint density at radius 1 is 1.04 bits per heavy atom. The number of esters is 2. The van der Waals surface area contributed by atoms with Crippen molar-refractivity contribution in [3.63, 3.8) is 0 Å². The van der Waals surface area contributed by atoms with E-state index in [9.17, 15) is 14.4 Å². The van der Waals surface area contributed by atoms with Crippen molar-refractivity contribution in [3.05, 3.63) is 57.9 Å². The minimum Gasteiger partial charge on any atom is -0.466 e. The molecule has 0 fully saturated rings. The number of dihydropyridines is 1. The summed E-state index contributed by atoms with van der Waals surface area (Å²) in [5.74, 6) is -1.37. The lowest BCUT2D eigenvalue weighted by Crippen LogP contribution is -2.34. The van der Waals surface area contributed by atoms with Gasteiger partial charge in [0, 0.05) is 29.3 Å². The van der Waals surface area contributed by atoms with Crippen molar-refractivity contribution < 1.29 is 23.9 Å². The van der Waals surface area contributed by atoms with Gasteiger partial charge in [-0.1, -0.05) is 12.1 Å². The van der Waals surface area contributed by atoms with Crippen LogP contribution >= 0.6 is 0 Å². The smallest absolute Gasteiger partial charge is 0.337 e. The third kappa shape index (κ3) is 3.03. The van der Waals surface area contributed by atoms with Crippen LogP contribution in [0.3, 0.4) is 0 Å². The highest BCUT2D eigenvalue weighted by Gasteiger charge is 2.38. The molecule has 6 nitrogen and oxygen atoms in total. The van der Waals surface area contributed by atoms with Crippen molar-refractivity contribution in [2.45, 2.75) is 32.1 Å². The first-order valence-electron chi connectivity index (χ1n) is 8.48. The molecule has 1 aliphatic heterocycles. The Morgan fingerprint density at radius 2 is 1.69 bits per heavy atom. The summed E-state index contributed by atoms with van der Waals surface area (Å²) in [5, 5.41) is 3.22. The Balaban J connectivity index is 2.12. The molecule has 0 radical (unpaired) electrons. The van der Waals surface area contributed by atoms with Gasteiger partial charge in [-0.05, 0) is 37.5 Å². The second kappa shape index (κ2) is 7.15. The van der Waals surface area contributed by atoms with Gasteiger partial charge in [0.15, 0.2) is 5.78 Å². The molecule has 0 spiro atoms. The van der Waals surface area contributed by atoms with Crippen molar-refractivity contribution in [1.29, 1.82) is 0 Å². The van der Waals surface area contributed by atoms with Gasteiger partial charge in [0.1, 0.15) is 0 Å². The highest BCUT2D eigenvalue weighted by Crippen LogP contribution is 2.42. The summed E-state index contributed by atoms with van der Waals surface area (Å²) < 4.78 is 9.68. The van der Waals surface area contributed by atoms with Crippen molar-refractivity contribution in [1.82, 2.24) is 5.32 Å². The number of rotatable bonds is 3. The van der Waals surface area contributed by atoms with Crippen molar-refractivity contribution in [2.75, 3.05) is 14.2 Å². The van der Waals surface area contributed by atoms with Gasteiger partial charge in [0.05, 0.1) is 25.4 Å². The zero-order chi connectivity index (χ0) is 18.8. The first kappa shape index (κ1) is 17.9. The zero-order valence-corrected chi connectivity index (χ0v) is 15.0. The van der Waals surface area contributed by atoms with Gasteiger partial charge in [0.25, 0.3) is 0 Å². The number of allylic oxidation sites excluding steroid dienone is 3. The molecule has 1 N–H and O–H groups in total. The Kier molecular flexibility index (Phi) is 4.93. The van der Waals surface area contributed by atoms with E-state index < -0.39 is 17.9 Å². The quantitative estimate of drug-likeness (QED) is 0.840. The van der Waals surface area contributed by atoms with Crippen LogP contribution in [0.2, 0.25) is 0 Å². The van der Waals surface area contributed by atoms with E-state index in [0.717, 1.165) is 24.1 Å². The van der Waals surface area contributed by atoms with Crippen LogP contribution in [0.5, 0.6) is 0 Å². The second-order valence-electron chi connectivity index (χ2n) is 6.37. The van der Waals surface area contributed by atoms with Gasteiger partial charge < -0.3 is 14.8 Å². The third-order valence-electron chi connectivity index (χ3n) is 4.85. The summed E-state index contributed by atoms with van der Waals surface area (Å²) in [6.45, 7) is 1.81. The number of methoxy groups -OCH3 is 2. The fourth-order valence-electron chi connectivity index (χ4n) is 3.63. The lowest BCUT2D eigenvalue weighted by Gasteiger charge is -2.34. The van der Waals surface area contributed by atoms with Crippen LogP contribution in [0.4, 0.5) is 0 Å². The molecule has 136 valence electrons. The van der Waals surface area contributed by atoms with E-state index in [0.29, 0.717) is 28.8 Å². The molecule has 1 heterocycles. The summed E-state index contributed by atoms with van der Waals surface area (Å²) >= 11 is 0. The molecule has 1 atom stereocenters. The van der Waals surface area contributed by atoms with Crippen LogP contribution in [0.25, 0.3) is 0 Å². The Morgan fingerprint density at radius 3 is 2.31 bits per heavy atom. The number of hydrogen-bond donors (Lipinski definition) is 1. The van der Waals surface area contributed by atoms with E-state index in [2.05, 4.69) is 5.32 Å². The predicted octanol–water partition coefficient (Wildman–Crippen LogP) is 2.61. The minimum absolute atomic E-state index is 0.0368. The van der Waals surface area contributed by atoms with E-state index in [1.807, 2.05) is 6.92 Å². The monoisotopic (exact) mass is 355 g/mol. The topological polar surface area (TPSA) is 81.7 Å². The Labute approximate surface area is 151 Å². The van der Waals surface area contributed by atoms with Crippen LogP contribution in [-0.2, 0) is 19.1 Å². The molecular weight excluding hydrogens is 334 g/mol. The summed E-state index contributed by atoms with van der Waals surface area (Å²) in [6.07, 6.45) is 2.02. The molecule has 0 aromatic heterocycles. The molecule has 0 amide bonds. The molecule has 26 heavy (non-hydrogen) atoms. The van der Waals surface area contributed by atoms with Gasteiger partial charge in [-0.2, -0.15) is 0 Å². The molecule has 3 rings (SSSR count). The average Bonchev–Trinajstić information content (AvgIpc) is 2.66. The molecule has 1 aromatic rings. The molecule has 1 aromatic carbocycles. The number of hydrogen-bond acceptors (Lipinski definition) is 6. The molecular formula is C20H21NO5. The van der Waals surface area contributed by atoms with Gasteiger partial charge in [-0.3, -0.25) is 4.79 Å². The number of Topliss-reactive ketones (excluding diaryl/α,β-unsaturated/α-hetero) is 1. The van der Waals surface area contributed by atoms with Crippen LogP contribution in [0, 0.1) is 0 Å². The van der Waals surface area contributed by atoms with Crippen molar-refractivity contribution in [2.24, 2.45) is 0 Å². The molecule has 6 heteroatoms. The van der Waals surface area contributed by atoms with Gasteiger partial charge >= 0.3 is 11.9 Å². The standard InChI is InChI=1S/C20H21NO5/c1-11-16(20(24)26-3)17(18-14(21-11)5-4-6-15(18)22)12-7-9-13(10-8-12)19(23)25-2/h7-10,17,21H,4-6H2,1-3H3/t17-/m0/s1. The van der Waals surface area contributed by atoms with Gasteiger partial charge in [-0.15, -0.1) is 0 Å². The maximum absolute atomic E-state index is 12.7. The Bertz CT molecular complexity index is 832. The lowest BCUT2D eigenvalue weighted by molar-refractivity contribution is -0.136. The minimum atomic E-state index is -0.502. The number of ether oxygens (including phenoxy) is 2. The molecule has 0 saturated carbocycles. The van der Waals surface area contributed by atoms with E-state index in [1.165, 1.54) is 14.2 Å². The number of carbonyl (C=O) groups is 3. The fourth-order valence-corrected chi connectivity index (χ4v) is 3.63. The summed E-state index contributed by atoms with van der Waals surface area (Å²) in [7, 11) is 2.65. The molecule has 2 aliphatic rings. The number of benzene rings is 1. The SMILES string of the molecule is COC(=O)C1=C(C)NC2=C(C(=O)CCC2)[C@H]1c1ccc(C(=O)OC)cc1. The summed E-state index contributed by atoms with van der Waals surface area (Å²) in [6, 6.07) is 6.79. The molecule has 1 aliphatic carbocycles. The van der Waals surface area contributed by atoms with E-state index in [1.54, 1.807) is 24.3 Å². The van der Waals surface area contributed by atoms with Gasteiger partial charge in [0.2, 0.25) is 0 Å². The summed E-state index contributed by atoms with van der Waals surface area (Å²) in [5.41, 5.74) is 3.78. The van der Waals surface area contributed by atoms with Crippen molar-refractivity contribution >= 4 is 17.7 Å². The largest absolute Gasteiger partial charge is 0.466 e. The first-order valence-corrected chi connectivity index (χ1v) is 8.48. The predicted molar refractivity (Wildman–Crippen MR) is 94.3 cm³/mol. The third-order valence-corrected chi connectivity index (χ3v) is 4.85. The number of nitrogens with one attached hydrogen (secondary N) is 1.